The summed E-state index contributed by atoms with van der Waals surface area (Å²) in [6.45, 7) is 3.66. The molecule has 0 heterocycles. The van der Waals surface area contributed by atoms with Gasteiger partial charge in [-0.05, 0) is 37.1 Å². The highest BCUT2D eigenvalue weighted by molar-refractivity contribution is 5.40. The van der Waals surface area contributed by atoms with Crippen molar-refractivity contribution >= 4 is 0 Å². The molecule has 0 spiro atoms. The molecule has 0 radical (unpaired) electrons. The van der Waals surface area contributed by atoms with Gasteiger partial charge < -0.3 is 4.74 Å². The van der Waals surface area contributed by atoms with E-state index in [1.54, 1.807) is 7.11 Å². The number of methoxy groups -OCH3 is 1. The zero-order valence-corrected chi connectivity index (χ0v) is 6.94. The summed E-state index contributed by atoms with van der Waals surface area (Å²) in [4.78, 5) is 0. The van der Waals surface area contributed by atoms with E-state index in [-0.39, 0.29) is 5.82 Å². The average molecular weight is 154 g/mol. The summed E-state index contributed by atoms with van der Waals surface area (Å²) in [5.41, 5.74) is 1.68. The molecule has 2 heteroatoms. The van der Waals surface area contributed by atoms with E-state index in [0.717, 1.165) is 16.9 Å². The van der Waals surface area contributed by atoms with Crippen molar-refractivity contribution in [2.24, 2.45) is 0 Å². The number of ether oxygens (including phenoxy) is 1. The van der Waals surface area contributed by atoms with Gasteiger partial charge in [0.15, 0.2) is 0 Å². The Bertz CT molecular complexity index is 245. The summed E-state index contributed by atoms with van der Waals surface area (Å²) in [6.07, 6.45) is 0. The standard InChI is InChI=1S/C9H11FO/c1-6-4-8(10)5-7(2)9(6)11-3/h4-5H,1-3H3. The second kappa shape index (κ2) is 2.91. The van der Waals surface area contributed by atoms with Crippen LogP contribution in [0.15, 0.2) is 12.1 Å². The monoisotopic (exact) mass is 154 g/mol. The van der Waals surface area contributed by atoms with Gasteiger partial charge in [-0.1, -0.05) is 0 Å². The number of aryl methyl sites for hydroxylation is 2. The molecule has 0 N–H and O–H groups in total. The molecular formula is C9H11FO. The molecule has 0 atom stereocenters. The summed E-state index contributed by atoms with van der Waals surface area (Å²) in [6, 6.07) is 2.93. The molecule has 60 valence electrons. The molecule has 1 nitrogen and oxygen atoms in total. The topological polar surface area (TPSA) is 9.23 Å². The van der Waals surface area contributed by atoms with Crippen molar-refractivity contribution in [2.75, 3.05) is 7.11 Å². The van der Waals surface area contributed by atoms with Crippen LogP contribution in [0.25, 0.3) is 0 Å². The lowest BCUT2D eigenvalue weighted by atomic mass is 10.1. The summed E-state index contributed by atoms with van der Waals surface area (Å²) >= 11 is 0. The van der Waals surface area contributed by atoms with Crippen LogP contribution in [0.5, 0.6) is 5.75 Å². The number of hydrogen-bond acceptors (Lipinski definition) is 1. The summed E-state index contributed by atoms with van der Waals surface area (Å²) in [7, 11) is 1.59. The van der Waals surface area contributed by atoms with Crippen LogP contribution in [0.1, 0.15) is 11.1 Å². The third-order valence-electron chi connectivity index (χ3n) is 1.63. The Labute approximate surface area is 65.8 Å². The maximum atomic E-state index is 12.7. The Hall–Kier alpha value is -1.05. The molecule has 0 aromatic heterocycles. The molecule has 0 unspecified atom stereocenters. The summed E-state index contributed by atoms with van der Waals surface area (Å²) < 4.78 is 17.8. The van der Waals surface area contributed by atoms with Crippen molar-refractivity contribution in [2.45, 2.75) is 13.8 Å². The van der Waals surface area contributed by atoms with Gasteiger partial charge in [0.25, 0.3) is 0 Å². The van der Waals surface area contributed by atoms with E-state index in [0.29, 0.717) is 0 Å². The van der Waals surface area contributed by atoms with Crippen LogP contribution in [0, 0.1) is 19.7 Å². The molecule has 0 aliphatic rings. The second-order valence-electron chi connectivity index (χ2n) is 2.57. The van der Waals surface area contributed by atoms with Crippen LogP contribution in [-0.4, -0.2) is 7.11 Å². The normalized spacial score (nSPS) is 9.82. The molecule has 0 aliphatic heterocycles. The van der Waals surface area contributed by atoms with Gasteiger partial charge in [0.1, 0.15) is 11.6 Å². The Balaban J connectivity index is 3.25. The van der Waals surface area contributed by atoms with Crippen molar-refractivity contribution in [3.63, 3.8) is 0 Å². The van der Waals surface area contributed by atoms with Gasteiger partial charge in [0.05, 0.1) is 7.11 Å². The molecule has 0 bridgehead atoms. The quantitative estimate of drug-likeness (QED) is 0.603. The van der Waals surface area contributed by atoms with Crippen molar-refractivity contribution in [3.05, 3.63) is 29.1 Å². The number of rotatable bonds is 1. The largest absolute Gasteiger partial charge is 0.496 e. The van der Waals surface area contributed by atoms with E-state index >= 15 is 0 Å². The first-order valence-corrected chi connectivity index (χ1v) is 3.46. The fraction of sp³-hybridized carbons (Fsp3) is 0.333. The fourth-order valence-corrected chi connectivity index (χ4v) is 1.22. The Kier molecular flexibility index (Phi) is 2.13. The lowest BCUT2D eigenvalue weighted by Crippen LogP contribution is -1.91. The van der Waals surface area contributed by atoms with Gasteiger partial charge >= 0.3 is 0 Å². The molecule has 1 rings (SSSR count). The molecule has 0 amide bonds. The van der Waals surface area contributed by atoms with Gasteiger partial charge in [-0.15, -0.1) is 0 Å². The van der Waals surface area contributed by atoms with Crippen molar-refractivity contribution in [1.29, 1.82) is 0 Å². The van der Waals surface area contributed by atoms with Gasteiger partial charge in [0, 0.05) is 0 Å². The molecule has 0 saturated heterocycles. The van der Waals surface area contributed by atoms with E-state index in [9.17, 15) is 4.39 Å². The van der Waals surface area contributed by atoms with Crippen molar-refractivity contribution in [3.8, 4) is 5.75 Å². The predicted octanol–water partition coefficient (Wildman–Crippen LogP) is 2.45. The highest BCUT2D eigenvalue weighted by Crippen LogP contribution is 2.23. The van der Waals surface area contributed by atoms with Crippen LogP contribution in [0.3, 0.4) is 0 Å². The van der Waals surface area contributed by atoms with E-state index < -0.39 is 0 Å². The minimum Gasteiger partial charge on any atom is -0.496 e. The van der Waals surface area contributed by atoms with Crippen LogP contribution < -0.4 is 4.74 Å². The van der Waals surface area contributed by atoms with Gasteiger partial charge in [0.2, 0.25) is 0 Å². The maximum absolute atomic E-state index is 12.7. The molecule has 11 heavy (non-hydrogen) atoms. The number of hydrogen-bond donors (Lipinski definition) is 0. The summed E-state index contributed by atoms with van der Waals surface area (Å²) in [5, 5.41) is 0. The first-order chi connectivity index (χ1) is 5.15. The highest BCUT2D eigenvalue weighted by atomic mass is 19.1. The third kappa shape index (κ3) is 1.50. The van der Waals surface area contributed by atoms with Crippen molar-refractivity contribution in [1.82, 2.24) is 0 Å². The van der Waals surface area contributed by atoms with Gasteiger partial charge in [-0.25, -0.2) is 4.39 Å². The zero-order chi connectivity index (χ0) is 8.43. The van der Waals surface area contributed by atoms with Gasteiger partial charge in [-0.2, -0.15) is 0 Å². The van der Waals surface area contributed by atoms with E-state index in [2.05, 4.69) is 0 Å². The molecule has 0 aliphatic carbocycles. The minimum absolute atomic E-state index is 0.208. The van der Waals surface area contributed by atoms with E-state index in [4.69, 9.17) is 4.74 Å². The van der Waals surface area contributed by atoms with E-state index in [1.807, 2.05) is 13.8 Å². The van der Waals surface area contributed by atoms with Crippen LogP contribution >= 0.6 is 0 Å². The van der Waals surface area contributed by atoms with Crippen molar-refractivity contribution < 1.29 is 9.13 Å². The number of halogens is 1. The molecular weight excluding hydrogens is 143 g/mol. The smallest absolute Gasteiger partial charge is 0.124 e. The Morgan fingerprint density at radius 3 is 2.00 bits per heavy atom. The van der Waals surface area contributed by atoms with Crippen LogP contribution in [0.4, 0.5) is 4.39 Å². The molecule has 0 fully saturated rings. The molecule has 0 saturated carbocycles. The molecule has 1 aromatic rings. The average Bonchev–Trinajstić information content (AvgIpc) is 1.85. The number of benzene rings is 1. The summed E-state index contributed by atoms with van der Waals surface area (Å²) in [5.74, 6) is 0.562. The second-order valence-corrected chi connectivity index (χ2v) is 2.57. The Morgan fingerprint density at radius 2 is 1.64 bits per heavy atom. The SMILES string of the molecule is COc1c(C)cc(F)cc1C. The lowest BCUT2D eigenvalue weighted by molar-refractivity contribution is 0.407. The van der Waals surface area contributed by atoms with Crippen LogP contribution in [-0.2, 0) is 0 Å². The zero-order valence-electron chi connectivity index (χ0n) is 6.94. The third-order valence-corrected chi connectivity index (χ3v) is 1.63. The first-order valence-electron chi connectivity index (χ1n) is 3.46. The Morgan fingerprint density at radius 1 is 1.18 bits per heavy atom. The predicted molar refractivity (Wildman–Crippen MR) is 42.4 cm³/mol. The fourth-order valence-electron chi connectivity index (χ4n) is 1.22. The maximum Gasteiger partial charge on any atom is 0.124 e. The minimum atomic E-state index is -0.208. The van der Waals surface area contributed by atoms with Crippen LogP contribution in [0.2, 0.25) is 0 Å². The van der Waals surface area contributed by atoms with E-state index in [1.165, 1.54) is 12.1 Å². The molecule has 1 aromatic carbocycles. The lowest BCUT2D eigenvalue weighted by Gasteiger charge is -2.07. The first kappa shape index (κ1) is 8.05. The highest BCUT2D eigenvalue weighted by Gasteiger charge is 2.03. The van der Waals surface area contributed by atoms with Gasteiger partial charge in [-0.3, -0.25) is 0 Å².